The zero-order valence-electron chi connectivity index (χ0n) is 11.3. The lowest BCUT2D eigenvalue weighted by Crippen LogP contribution is -2.16. The van der Waals surface area contributed by atoms with Gasteiger partial charge < -0.3 is 10.2 Å². The molecule has 0 spiro atoms. The quantitative estimate of drug-likeness (QED) is 0.719. The first-order chi connectivity index (χ1) is 9.38. The van der Waals surface area contributed by atoms with Gasteiger partial charge in [0.25, 0.3) is 0 Å². The maximum absolute atomic E-state index is 9.90. The molecule has 3 rings (SSSR count). The average molecular weight is 290 g/mol. The summed E-state index contributed by atoms with van der Waals surface area (Å²) in [5, 5.41) is 33.0. The zero-order valence-corrected chi connectivity index (χ0v) is 12.1. The summed E-state index contributed by atoms with van der Waals surface area (Å²) in [4.78, 5) is 0.632. The van der Waals surface area contributed by atoms with E-state index in [0.29, 0.717) is 15.5 Å². The van der Waals surface area contributed by atoms with Crippen LogP contribution in [0.1, 0.15) is 26.6 Å². The summed E-state index contributed by atoms with van der Waals surface area (Å²) in [7, 11) is 0. The number of aromatic hydroxyl groups is 2. The highest BCUT2D eigenvalue weighted by atomic mass is 32.1. The molecule has 0 atom stereocenters. The van der Waals surface area contributed by atoms with E-state index in [1.54, 1.807) is 10.6 Å². The molecular weight excluding hydrogens is 276 g/mol. The van der Waals surface area contributed by atoms with E-state index in [1.807, 2.05) is 20.8 Å². The van der Waals surface area contributed by atoms with Crippen LogP contribution < -0.4 is 0 Å². The molecule has 0 aliphatic rings. The summed E-state index contributed by atoms with van der Waals surface area (Å²) in [6, 6.07) is 4.61. The van der Waals surface area contributed by atoms with E-state index >= 15 is 0 Å². The molecule has 20 heavy (non-hydrogen) atoms. The number of hydrogen-bond acceptors (Lipinski definition) is 6. The van der Waals surface area contributed by atoms with Crippen molar-refractivity contribution < 1.29 is 10.2 Å². The Kier molecular flexibility index (Phi) is 2.68. The molecule has 0 radical (unpaired) electrons. The minimum atomic E-state index is -0.189. The maximum Gasteiger partial charge on any atom is 0.235 e. The van der Waals surface area contributed by atoms with E-state index in [1.165, 1.54) is 23.5 Å². The Morgan fingerprint density at radius 1 is 1.10 bits per heavy atom. The number of nitrogens with zero attached hydrogens (tertiary/aromatic N) is 4. The monoisotopic (exact) mass is 290 g/mol. The van der Waals surface area contributed by atoms with E-state index < -0.39 is 0 Å². The molecular formula is C13H14N4O2S. The molecule has 6 nitrogen and oxygen atoms in total. The van der Waals surface area contributed by atoms with E-state index in [9.17, 15) is 10.2 Å². The third kappa shape index (κ3) is 1.90. The molecule has 1 aromatic carbocycles. The summed E-state index contributed by atoms with van der Waals surface area (Å²) in [6.45, 7) is 6.08. The number of fused-ring (bicyclic) bond motifs is 1. The molecule has 2 N–H and O–H groups in total. The van der Waals surface area contributed by atoms with Crippen molar-refractivity contribution in [2.45, 2.75) is 26.2 Å². The highest BCUT2D eigenvalue weighted by Crippen LogP contribution is 2.39. The minimum absolute atomic E-state index is 0.00716. The summed E-state index contributed by atoms with van der Waals surface area (Å²) < 4.78 is 1.66. The average Bonchev–Trinajstić information content (AvgIpc) is 2.86. The molecule has 0 unspecified atom stereocenters. The maximum atomic E-state index is 9.90. The van der Waals surface area contributed by atoms with Crippen LogP contribution in [0.25, 0.3) is 15.5 Å². The van der Waals surface area contributed by atoms with Crippen molar-refractivity contribution in [2.24, 2.45) is 0 Å². The number of hydrogen-bond donors (Lipinski definition) is 2. The molecule has 104 valence electrons. The number of aromatic nitrogens is 4. The van der Waals surface area contributed by atoms with Crippen molar-refractivity contribution in [3.05, 3.63) is 24.0 Å². The molecule has 2 aromatic heterocycles. The first kappa shape index (κ1) is 12.9. The van der Waals surface area contributed by atoms with Gasteiger partial charge in [0.1, 0.15) is 11.5 Å². The van der Waals surface area contributed by atoms with Crippen molar-refractivity contribution in [3.63, 3.8) is 0 Å². The number of rotatable bonds is 1. The number of phenolic OH excluding ortho intramolecular Hbond substituents is 2. The fourth-order valence-corrected chi connectivity index (χ4v) is 2.84. The van der Waals surface area contributed by atoms with Crippen LogP contribution in [0.2, 0.25) is 0 Å². The summed E-state index contributed by atoms with van der Waals surface area (Å²) in [5.41, 5.74) is 0.133. The molecule has 0 fully saturated rings. The van der Waals surface area contributed by atoms with Crippen molar-refractivity contribution in [2.75, 3.05) is 0 Å². The molecule has 7 heteroatoms. The standard InChI is InChI=1S/C13H14N4O2S/c1-13(2,3)11-14-15-12-17(11)16-10(20-12)9-7(18)5-4-6-8(9)19/h4-6,18-19H,1-3H3. The molecule has 3 aromatic rings. The lowest BCUT2D eigenvalue weighted by atomic mass is 9.96. The van der Waals surface area contributed by atoms with Gasteiger partial charge in [0, 0.05) is 5.41 Å². The van der Waals surface area contributed by atoms with E-state index in [0.717, 1.165) is 5.82 Å². The van der Waals surface area contributed by atoms with E-state index in [-0.39, 0.29) is 16.9 Å². The predicted molar refractivity (Wildman–Crippen MR) is 76.1 cm³/mol. The molecule has 0 bridgehead atoms. The number of benzene rings is 1. The van der Waals surface area contributed by atoms with Gasteiger partial charge in [-0.15, -0.1) is 10.2 Å². The van der Waals surface area contributed by atoms with Gasteiger partial charge in [0.2, 0.25) is 4.96 Å². The Hall–Kier alpha value is -2.15. The second-order valence-corrected chi connectivity index (χ2v) is 6.50. The van der Waals surface area contributed by atoms with Gasteiger partial charge in [-0.05, 0) is 12.1 Å². The van der Waals surface area contributed by atoms with E-state index in [2.05, 4.69) is 15.3 Å². The lowest BCUT2D eigenvalue weighted by molar-refractivity contribution is 0.454. The van der Waals surface area contributed by atoms with Crippen molar-refractivity contribution in [1.82, 2.24) is 19.8 Å². The van der Waals surface area contributed by atoms with Gasteiger partial charge in [-0.25, -0.2) is 0 Å². The Labute approximate surface area is 119 Å². The lowest BCUT2D eigenvalue weighted by Gasteiger charge is -2.13. The molecule has 0 saturated heterocycles. The van der Waals surface area contributed by atoms with E-state index in [4.69, 9.17) is 0 Å². The highest BCUT2D eigenvalue weighted by Gasteiger charge is 2.24. The van der Waals surface area contributed by atoms with Gasteiger partial charge in [0.05, 0.1) is 5.56 Å². The fraction of sp³-hybridized carbons (Fsp3) is 0.308. The molecule has 2 heterocycles. The summed E-state index contributed by atoms with van der Waals surface area (Å²) in [5.74, 6) is 0.726. The first-order valence-corrected chi connectivity index (χ1v) is 6.93. The van der Waals surface area contributed by atoms with Crippen LogP contribution in [0.5, 0.6) is 11.5 Å². The van der Waals surface area contributed by atoms with Crippen LogP contribution in [0.3, 0.4) is 0 Å². The molecule has 0 saturated carbocycles. The van der Waals surface area contributed by atoms with Gasteiger partial charge in [-0.1, -0.05) is 38.2 Å². The van der Waals surface area contributed by atoms with Gasteiger partial charge >= 0.3 is 0 Å². The van der Waals surface area contributed by atoms with Crippen LogP contribution in [0.15, 0.2) is 18.2 Å². The second-order valence-electron chi connectivity index (χ2n) is 5.55. The zero-order chi connectivity index (χ0) is 14.5. The largest absolute Gasteiger partial charge is 0.507 e. The SMILES string of the molecule is CC(C)(C)c1nnc2sc(-c3c(O)cccc3O)nn12. The van der Waals surface area contributed by atoms with Crippen LogP contribution in [0, 0.1) is 0 Å². The Morgan fingerprint density at radius 3 is 2.35 bits per heavy atom. The van der Waals surface area contributed by atoms with Crippen molar-refractivity contribution in [3.8, 4) is 22.1 Å². The van der Waals surface area contributed by atoms with Crippen LogP contribution in [-0.2, 0) is 5.41 Å². The Balaban J connectivity index is 2.22. The number of phenols is 2. The normalized spacial score (nSPS) is 12.2. The second kappa shape index (κ2) is 4.17. The molecule has 0 aliphatic carbocycles. The van der Waals surface area contributed by atoms with Gasteiger partial charge in [0.15, 0.2) is 10.8 Å². The predicted octanol–water partition coefficient (Wildman–Crippen LogP) is 2.56. The topological polar surface area (TPSA) is 83.5 Å². The molecule has 0 aliphatic heterocycles. The van der Waals surface area contributed by atoms with Crippen molar-refractivity contribution >= 4 is 16.3 Å². The summed E-state index contributed by atoms with van der Waals surface area (Å²) >= 11 is 1.27. The fourth-order valence-electron chi connectivity index (χ4n) is 1.93. The third-order valence-corrected chi connectivity index (χ3v) is 3.81. The van der Waals surface area contributed by atoms with Gasteiger partial charge in [-0.3, -0.25) is 0 Å². The van der Waals surface area contributed by atoms with Crippen molar-refractivity contribution in [1.29, 1.82) is 0 Å². The van der Waals surface area contributed by atoms with Crippen LogP contribution in [0.4, 0.5) is 0 Å². The Morgan fingerprint density at radius 2 is 1.75 bits per heavy atom. The summed E-state index contributed by atoms with van der Waals surface area (Å²) in [6.07, 6.45) is 0. The first-order valence-electron chi connectivity index (χ1n) is 6.12. The van der Waals surface area contributed by atoms with Crippen LogP contribution >= 0.6 is 11.3 Å². The third-order valence-electron chi connectivity index (χ3n) is 2.90. The highest BCUT2D eigenvalue weighted by molar-refractivity contribution is 7.19. The Bertz CT molecular complexity index is 765. The molecule has 0 amide bonds. The smallest absolute Gasteiger partial charge is 0.235 e. The minimum Gasteiger partial charge on any atom is -0.507 e. The van der Waals surface area contributed by atoms with Crippen LogP contribution in [-0.4, -0.2) is 30.0 Å². The van der Waals surface area contributed by atoms with Gasteiger partial charge in [-0.2, -0.15) is 9.61 Å².